The Kier molecular flexibility index (Phi) is 3.23. The van der Waals surface area contributed by atoms with Crippen LogP contribution in [0.4, 0.5) is 5.69 Å². The zero-order valence-corrected chi connectivity index (χ0v) is 9.94. The van der Waals surface area contributed by atoms with Crippen LogP contribution < -0.4 is 15.6 Å². The van der Waals surface area contributed by atoms with Crippen LogP contribution >= 0.6 is 0 Å². The molecule has 1 heterocycles. The Labute approximate surface area is 99.6 Å². The number of nitrogen functional groups attached to an aromatic ring is 1. The molecule has 1 aromatic carbocycles. The van der Waals surface area contributed by atoms with Crippen LogP contribution in [0.1, 0.15) is 6.42 Å². The predicted molar refractivity (Wildman–Crippen MR) is 62.1 cm³/mol. The maximum atomic E-state index is 11.3. The fraction of sp³-hybridized carbons (Fsp3) is 0.400. The van der Waals surface area contributed by atoms with E-state index in [1.807, 2.05) is 0 Å². The monoisotopic (exact) mass is 258 g/mol. The SMILES string of the molecule is Nc1c(OC2CCOC2)cccc1S(N)(=O)=O. The van der Waals surface area contributed by atoms with Gasteiger partial charge in [0.2, 0.25) is 10.0 Å². The molecule has 1 aromatic rings. The number of hydrogen-bond acceptors (Lipinski definition) is 5. The van der Waals surface area contributed by atoms with Crippen LogP contribution in [-0.2, 0) is 14.8 Å². The Morgan fingerprint density at radius 3 is 2.76 bits per heavy atom. The number of nitrogens with two attached hydrogens (primary N) is 2. The van der Waals surface area contributed by atoms with E-state index in [1.165, 1.54) is 6.07 Å². The molecule has 0 bridgehead atoms. The van der Waals surface area contributed by atoms with E-state index >= 15 is 0 Å². The molecule has 0 amide bonds. The maximum absolute atomic E-state index is 11.3. The molecule has 1 unspecified atom stereocenters. The number of ether oxygens (including phenoxy) is 2. The Morgan fingerprint density at radius 1 is 1.41 bits per heavy atom. The number of anilines is 1. The number of sulfonamides is 1. The molecule has 94 valence electrons. The van der Waals surface area contributed by atoms with Crippen LogP contribution in [0.5, 0.6) is 5.75 Å². The highest BCUT2D eigenvalue weighted by Gasteiger charge is 2.21. The van der Waals surface area contributed by atoms with Crippen molar-refractivity contribution in [2.45, 2.75) is 17.4 Å². The van der Waals surface area contributed by atoms with Crippen molar-refractivity contribution >= 4 is 15.7 Å². The first-order chi connectivity index (χ1) is 7.98. The summed E-state index contributed by atoms with van der Waals surface area (Å²) in [4.78, 5) is -0.117. The Hall–Kier alpha value is -1.31. The number of primary sulfonamides is 1. The van der Waals surface area contributed by atoms with E-state index in [-0.39, 0.29) is 16.7 Å². The van der Waals surface area contributed by atoms with Crippen molar-refractivity contribution in [3.05, 3.63) is 18.2 Å². The summed E-state index contributed by atoms with van der Waals surface area (Å²) in [5.41, 5.74) is 5.77. The molecule has 0 radical (unpaired) electrons. The van der Waals surface area contributed by atoms with Gasteiger partial charge >= 0.3 is 0 Å². The number of rotatable bonds is 3. The lowest BCUT2D eigenvalue weighted by Gasteiger charge is -2.15. The van der Waals surface area contributed by atoms with Gasteiger partial charge in [0.05, 0.1) is 18.9 Å². The molecule has 0 aliphatic carbocycles. The van der Waals surface area contributed by atoms with E-state index in [0.717, 1.165) is 6.42 Å². The average molecular weight is 258 g/mol. The van der Waals surface area contributed by atoms with Crippen LogP contribution in [0.3, 0.4) is 0 Å². The minimum absolute atomic E-state index is 0.0434. The van der Waals surface area contributed by atoms with Gasteiger partial charge in [-0.15, -0.1) is 0 Å². The van der Waals surface area contributed by atoms with Crippen LogP contribution in [0, 0.1) is 0 Å². The third-order valence-corrected chi connectivity index (χ3v) is 3.48. The largest absolute Gasteiger partial charge is 0.486 e. The molecule has 0 spiro atoms. The van der Waals surface area contributed by atoms with Crippen molar-refractivity contribution in [2.24, 2.45) is 5.14 Å². The molecule has 1 saturated heterocycles. The Bertz CT molecular complexity index is 509. The zero-order chi connectivity index (χ0) is 12.5. The summed E-state index contributed by atoms with van der Waals surface area (Å²) in [6.45, 7) is 1.12. The van der Waals surface area contributed by atoms with E-state index in [9.17, 15) is 8.42 Å². The molecule has 7 heteroatoms. The second-order valence-corrected chi connectivity index (χ2v) is 5.35. The summed E-state index contributed by atoms with van der Waals surface area (Å²) >= 11 is 0. The van der Waals surface area contributed by atoms with Crippen LogP contribution in [0.25, 0.3) is 0 Å². The fourth-order valence-electron chi connectivity index (χ4n) is 1.66. The van der Waals surface area contributed by atoms with Gasteiger partial charge < -0.3 is 15.2 Å². The molecule has 1 aliphatic heterocycles. The highest BCUT2D eigenvalue weighted by molar-refractivity contribution is 7.89. The lowest BCUT2D eigenvalue weighted by atomic mass is 10.2. The second kappa shape index (κ2) is 4.52. The molecular formula is C10H14N2O4S. The van der Waals surface area contributed by atoms with Gasteiger partial charge in [0.1, 0.15) is 16.7 Å². The molecular weight excluding hydrogens is 244 g/mol. The molecule has 4 N–H and O–H groups in total. The van der Waals surface area contributed by atoms with Crippen molar-refractivity contribution in [1.82, 2.24) is 0 Å². The first-order valence-electron chi connectivity index (χ1n) is 5.14. The molecule has 2 rings (SSSR count). The van der Waals surface area contributed by atoms with Gasteiger partial charge in [-0.1, -0.05) is 6.07 Å². The van der Waals surface area contributed by atoms with Crippen molar-refractivity contribution in [1.29, 1.82) is 0 Å². The van der Waals surface area contributed by atoms with E-state index in [2.05, 4.69) is 0 Å². The minimum atomic E-state index is -3.83. The third-order valence-electron chi connectivity index (χ3n) is 2.51. The van der Waals surface area contributed by atoms with Crippen molar-refractivity contribution in [3.8, 4) is 5.75 Å². The predicted octanol–water partition coefficient (Wildman–Crippen LogP) is 0.0839. The number of hydrogen-bond donors (Lipinski definition) is 2. The van der Waals surface area contributed by atoms with Gasteiger partial charge in [-0.05, 0) is 12.1 Å². The summed E-state index contributed by atoms with van der Waals surface area (Å²) in [7, 11) is -3.83. The first-order valence-corrected chi connectivity index (χ1v) is 6.69. The topological polar surface area (TPSA) is 105 Å². The third kappa shape index (κ3) is 2.68. The Balaban J connectivity index is 2.29. The van der Waals surface area contributed by atoms with Gasteiger partial charge in [-0.25, -0.2) is 13.6 Å². The highest BCUT2D eigenvalue weighted by atomic mass is 32.2. The minimum Gasteiger partial charge on any atom is -0.486 e. The molecule has 17 heavy (non-hydrogen) atoms. The lowest BCUT2D eigenvalue weighted by Crippen LogP contribution is -2.19. The second-order valence-electron chi connectivity index (χ2n) is 3.82. The van der Waals surface area contributed by atoms with Crippen LogP contribution in [-0.4, -0.2) is 27.7 Å². The summed E-state index contributed by atoms with van der Waals surface area (Å²) in [5.74, 6) is 0.326. The molecule has 1 atom stereocenters. The smallest absolute Gasteiger partial charge is 0.240 e. The van der Waals surface area contributed by atoms with Crippen molar-refractivity contribution < 1.29 is 17.9 Å². The Morgan fingerprint density at radius 2 is 2.18 bits per heavy atom. The summed E-state index contributed by atoms with van der Waals surface area (Å²) < 4.78 is 33.3. The fourth-order valence-corrected chi connectivity index (χ4v) is 2.34. The quantitative estimate of drug-likeness (QED) is 0.747. The van der Waals surface area contributed by atoms with Gasteiger partial charge in [0.15, 0.2) is 0 Å². The van der Waals surface area contributed by atoms with Crippen molar-refractivity contribution in [2.75, 3.05) is 18.9 Å². The average Bonchev–Trinajstić information content (AvgIpc) is 2.72. The van der Waals surface area contributed by atoms with E-state index in [1.54, 1.807) is 12.1 Å². The summed E-state index contributed by atoms with van der Waals surface area (Å²) in [6, 6.07) is 4.51. The molecule has 6 nitrogen and oxygen atoms in total. The normalized spacial score (nSPS) is 20.4. The van der Waals surface area contributed by atoms with Crippen LogP contribution in [0.15, 0.2) is 23.1 Å². The molecule has 0 saturated carbocycles. The van der Waals surface area contributed by atoms with E-state index in [4.69, 9.17) is 20.3 Å². The van der Waals surface area contributed by atoms with Crippen LogP contribution in [0.2, 0.25) is 0 Å². The van der Waals surface area contributed by atoms with E-state index in [0.29, 0.717) is 19.0 Å². The number of benzene rings is 1. The van der Waals surface area contributed by atoms with Gasteiger partial charge in [0.25, 0.3) is 0 Å². The van der Waals surface area contributed by atoms with E-state index < -0.39 is 10.0 Å². The molecule has 1 aliphatic rings. The first kappa shape index (κ1) is 12.2. The standard InChI is InChI=1S/C10H14N2O4S/c11-10-8(16-7-4-5-15-6-7)2-1-3-9(10)17(12,13)14/h1-3,7H,4-6,11H2,(H2,12,13,14). The molecule has 1 fully saturated rings. The lowest BCUT2D eigenvalue weighted by molar-refractivity contribution is 0.141. The van der Waals surface area contributed by atoms with Gasteiger partial charge in [-0.3, -0.25) is 0 Å². The highest BCUT2D eigenvalue weighted by Crippen LogP contribution is 2.29. The molecule has 0 aromatic heterocycles. The maximum Gasteiger partial charge on any atom is 0.240 e. The van der Waals surface area contributed by atoms with Crippen molar-refractivity contribution in [3.63, 3.8) is 0 Å². The zero-order valence-electron chi connectivity index (χ0n) is 9.13. The summed E-state index contributed by atoms with van der Waals surface area (Å²) in [5, 5.41) is 5.05. The summed E-state index contributed by atoms with van der Waals surface area (Å²) in [6.07, 6.45) is 0.673. The van der Waals surface area contributed by atoms with Gasteiger partial charge in [0, 0.05) is 6.42 Å². The van der Waals surface area contributed by atoms with Gasteiger partial charge in [-0.2, -0.15) is 0 Å². The number of para-hydroxylation sites is 1.